The van der Waals surface area contributed by atoms with Gasteiger partial charge in [0.25, 0.3) is 0 Å². The summed E-state index contributed by atoms with van der Waals surface area (Å²) in [4.78, 5) is 30.9. The molecule has 0 atom stereocenters. The molecule has 5 nitrogen and oxygen atoms in total. The number of amides is 2. The van der Waals surface area contributed by atoms with Crippen LogP contribution in [0.2, 0.25) is 0 Å². The number of halogens is 2. The van der Waals surface area contributed by atoms with Gasteiger partial charge in [-0.15, -0.1) is 11.6 Å². The molecule has 31 heavy (non-hydrogen) atoms. The van der Waals surface area contributed by atoms with Crippen LogP contribution in [-0.2, 0) is 16.0 Å². The molecule has 2 aromatic carbocycles. The number of hydrogen-bond acceptors (Lipinski definition) is 3. The zero-order valence-corrected chi connectivity index (χ0v) is 17.7. The first-order valence-electron chi connectivity index (χ1n) is 10.3. The van der Waals surface area contributed by atoms with E-state index < -0.39 is 11.8 Å². The molecule has 0 radical (unpaired) electrons. The van der Waals surface area contributed by atoms with Crippen LogP contribution < -0.4 is 5.32 Å². The third kappa shape index (κ3) is 4.85. The van der Waals surface area contributed by atoms with E-state index in [1.165, 1.54) is 12.1 Å². The number of hydrogen-bond donors (Lipinski definition) is 1. The van der Waals surface area contributed by atoms with Gasteiger partial charge in [-0.2, -0.15) is 0 Å². The third-order valence-electron chi connectivity index (χ3n) is 5.75. The van der Waals surface area contributed by atoms with Gasteiger partial charge < -0.3 is 10.2 Å². The van der Waals surface area contributed by atoms with Crippen LogP contribution in [0.5, 0.6) is 0 Å². The zero-order chi connectivity index (χ0) is 21.8. The Morgan fingerprint density at radius 3 is 2.55 bits per heavy atom. The SMILES string of the molecule is O=C(Nc1ccc(CCCl)cc1)C(=O)N1CCC(c2ccnc3ccc(F)cc23)CC1. The van der Waals surface area contributed by atoms with Crippen LogP contribution in [-0.4, -0.2) is 40.7 Å². The highest BCUT2D eigenvalue weighted by atomic mass is 35.5. The monoisotopic (exact) mass is 439 g/mol. The lowest BCUT2D eigenvalue weighted by molar-refractivity contribution is -0.143. The number of nitrogens with zero attached hydrogens (tertiary/aromatic N) is 2. The average molecular weight is 440 g/mol. The highest BCUT2D eigenvalue weighted by molar-refractivity contribution is 6.39. The van der Waals surface area contributed by atoms with Gasteiger partial charge in [-0.3, -0.25) is 14.6 Å². The maximum atomic E-state index is 13.7. The smallest absolute Gasteiger partial charge is 0.313 e. The first kappa shape index (κ1) is 21.2. The molecule has 160 valence electrons. The number of aromatic nitrogens is 1. The summed E-state index contributed by atoms with van der Waals surface area (Å²) in [6, 6.07) is 13.8. The number of alkyl halides is 1. The fourth-order valence-corrected chi connectivity index (χ4v) is 4.30. The van der Waals surface area contributed by atoms with Crippen LogP contribution in [0.1, 0.15) is 29.9 Å². The van der Waals surface area contributed by atoms with Crippen molar-refractivity contribution in [3.05, 3.63) is 71.7 Å². The van der Waals surface area contributed by atoms with Crippen molar-refractivity contribution in [2.24, 2.45) is 0 Å². The van der Waals surface area contributed by atoms with Crippen molar-refractivity contribution in [3.63, 3.8) is 0 Å². The molecule has 1 aromatic heterocycles. The van der Waals surface area contributed by atoms with Gasteiger partial charge in [0.15, 0.2) is 0 Å². The molecular formula is C24H23ClFN3O2. The topological polar surface area (TPSA) is 62.3 Å². The normalized spacial score (nSPS) is 14.6. The van der Waals surface area contributed by atoms with Crippen molar-refractivity contribution >= 4 is 40.0 Å². The van der Waals surface area contributed by atoms with E-state index in [1.54, 1.807) is 29.3 Å². The lowest BCUT2D eigenvalue weighted by Crippen LogP contribution is -2.43. The van der Waals surface area contributed by atoms with E-state index in [2.05, 4.69) is 10.3 Å². The minimum atomic E-state index is -0.639. The molecule has 7 heteroatoms. The van der Waals surface area contributed by atoms with E-state index in [1.807, 2.05) is 18.2 Å². The summed E-state index contributed by atoms with van der Waals surface area (Å²) in [6.07, 6.45) is 3.91. The van der Waals surface area contributed by atoms with Crippen LogP contribution >= 0.6 is 11.6 Å². The predicted molar refractivity (Wildman–Crippen MR) is 120 cm³/mol. The number of carbonyl (C=O) groups is 2. The Hall–Kier alpha value is -2.99. The van der Waals surface area contributed by atoms with Gasteiger partial charge in [0.05, 0.1) is 5.52 Å². The number of fused-ring (bicyclic) bond motifs is 1. The van der Waals surface area contributed by atoms with Gasteiger partial charge >= 0.3 is 11.8 Å². The number of benzene rings is 2. The fraction of sp³-hybridized carbons (Fsp3) is 0.292. The van der Waals surface area contributed by atoms with E-state index in [0.29, 0.717) is 37.5 Å². The average Bonchev–Trinajstić information content (AvgIpc) is 2.80. The number of likely N-dealkylation sites (tertiary alicyclic amines) is 1. The number of anilines is 1. The molecule has 2 heterocycles. The summed E-state index contributed by atoms with van der Waals surface area (Å²) >= 11 is 5.73. The number of rotatable bonds is 4. The molecule has 0 aliphatic carbocycles. The molecule has 0 unspecified atom stereocenters. The summed E-state index contributed by atoms with van der Waals surface area (Å²) in [7, 11) is 0. The van der Waals surface area contributed by atoms with Crippen LogP contribution in [0.4, 0.5) is 10.1 Å². The minimum Gasteiger partial charge on any atom is -0.334 e. The van der Waals surface area contributed by atoms with Crippen molar-refractivity contribution in [3.8, 4) is 0 Å². The standard InChI is InChI=1S/C24H23ClFN3O2/c25-11-7-16-1-4-19(5-2-16)28-23(30)24(31)29-13-9-17(10-14-29)20-8-12-27-22-6-3-18(26)15-21(20)22/h1-6,8,12,15,17H,7,9-11,13-14H2,(H,28,30). The summed E-state index contributed by atoms with van der Waals surface area (Å²) in [6.45, 7) is 0.954. The molecule has 1 N–H and O–H groups in total. The van der Waals surface area contributed by atoms with Crippen molar-refractivity contribution in [1.82, 2.24) is 9.88 Å². The Labute approximate surface area is 185 Å². The molecule has 1 aliphatic heterocycles. The largest absolute Gasteiger partial charge is 0.334 e. The second kappa shape index (κ2) is 9.43. The van der Waals surface area contributed by atoms with E-state index in [9.17, 15) is 14.0 Å². The Kier molecular flexibility index (Phi) is 6.47. The third-order valence-corrected chi connectivity index (χ3v) is 5.94. The second-order valence-electron chi connectivity index (χ2n) is 7.72. The maximum Gasteiger partial charge on any atom is 0.313 e. The highest BCUT2D eigenvalue weighted by Crippen LogP contribution is 2.32. The summed E-state index contributed by atoms with van der Waals surface area (Å²) in [5.41, 5.74) is 3.45. The molecule has 1 fully saturated rings. The van der Waals surface area contributed by atoms with E-state index in [-0.39, 0.29) is 11.7 Å². The van der Waals surface area contributed by atoms with Crippen LogP contribution in [0.25, 0.3) is 10.9 Å². The van der Waals surface area contributed by atoms with E-state index >= 15 is 0 Å². The number of pyridine rings is 1. The fourth-order valence-electron chi connectivity index (χ4n) is 4.08. The highest BCUT2D eigenvalue weighted by Gasteiger charge is 2.28. The van der Waals surface area contributed by atoms with Gasteiger partial charge in [0.2, 0.25) is 0 Å². The van der Waals surface area contributed by atoms with Gasteiger partial charge in [0.1, 0.15) is 5.82 Å². The van der Waals surface area contributed by atoms with E-state index in [0.717, 1.165) is 28.5 Å². The van der Waals surface area contributed by atoms with Crippen LogP contribution in [0.3, 0.4) is 0 Å². The number of aryl methyl sites for hydroxylation is 1. The second-order valence-corrected chi connectivity index (χ2v) is 8.10. The molecule has 0 bridgehead atoms. The van der Waals surface area contributed by atoms with Crippen LogP contribution in [0.15, 0.2) is 54.7 Å². The first-order valence-corrected chi connectivity index (χ1v) is 10.9. The lowest BCUT2D eigenvalue weighted by Gasteiger charge is -2.32. The molecule has 3 aromatic rings. The molecule has 1 aliphatic rings. The Balaban J connectivity index is 1.38. The van der Waals surface area contributed by atoms with Crippen molar-refractivity contribution in [1.29, 1.82) is 0 Å². The summed E-state index contributed by atoms with van der Waals surface area (Å²) in [5, 5.41) is 3.48. The molecule has 0 spiro atoms. The van der Waals surface area contributed by atoms with Gasteiger partial charge in [-0.05, 0) is 72.7 Å². The van der Waals surface area contributed by atoms with Crippen molar-refractivity contribution in [2.45, 2.75) is 25.2 Å². The number of carbonyl (C=O) groups excluding carboxylic acids is 2. The minimum absolute atomic E-state index is 0.189. The Morgan fingerprint density at radius 2 is 1.84 bits per heavy atom. The predicted octanol–water partition coefficient (Wildman–Crippen LogP) is 4.50. The van der Waals surface area contributed by atoms with E-state index in [4.69, 9.17) is 11.6 Å². The van der Waals surface area contributed by atoms with Gasteiger partial charge in [-0.25, -0.2) is 4.39 Å². The molecule has 4 rings (SSSR count). The molecular weight excluding hydrogens is 417 g/mol. The van der Waals surface area contributed by atoms with Gasteiger partial charge in [-0.1, -0.05) is 12.1 Å². The van der Waals surface area contributed by atoms with Gasteiger partial charge in [0, 0.05) is 36.2 Å². The number of piperidine rings is 1. The van der Waals surface area contributed by atoms with Crippen LogP contribution in [0, 0.1) is 5.82 Å². The maximum absolute atomic E-state index is 13.7. The summed E-state index contributed by atoms with van der Waals surface area (Å²) < 4.78 is 13.7. The molecule has 2 amide bonds. The Morgan fingerprint density at radius 1 is 1.10 bits per heavy atom. The van der Waals surface area contributed by atoms with Crippen molar-refractivity contribution in [2.75, 3.05) is 24.3 Å². The molecule has 1 saturated heterocycles. The zero-order valence-electron chi connectivity index (χ0n) is 17.0. The number of nitrogens with one attached hydrogen (secondary N) is 1. The lowest BCUT2D eigenvalue weighted by atomic mass is 9.87. The molecule has 0 saturated carbocycles. The quantitative estimate of drug-likeness (QED) is 0.481. The first-order chi connectivity index (χ1) is 15.0. The Bertz CT molecular complexity index is 1100. The summed E-state index contributed by atoms with van der Waals surface area (Å²) in [5.74, 6) is -0.741. The van der Waals surface area contributed by atoms with Crippen molar-refractivity contribution < 1.29 is 14.0 Å².